The van der Waals surface area contributed by atoms with E-state index in [4.69, 9.17) is 4.74 Å². The largest absolute Gasteiger partial charge is 0.503 e. The van der Waals surface area contributed by atoms with Crippen LogP contribution in [-0.4, -0.2) is 30.0 Å². The lowest BCUT2D eigenvalue weighted by Gasteiger charge is -2.11. The Bertz CT molecular complexity index is 956. The molecule has 1 aliphatic rings. The fourth-order valence-electron chi connectivity index (χ4n) is 2.50. The zero-order valence-corrected chi connectivity index (χ0v) is 15.4. The minimum atomic E-state index is -4.82. The predicted molar refractivity (Wildman–Crippen MR) is 97.8 cm³/mol. The molecular weight excluding hydrogens is 429 g/mol. The highest BCUT2D eigenvalue weighted by Crippen LogP contribution is 2.37. The number of hydrogen-bond acceptors (Lipinski definition) is 4. The third-order valence-electron chi connectivity index (χ3n) is 3.73. The molecule has 0 fully saturated rings. The van der Waals surface area contributed by atoms with Crippen LogP contribution in [0.15, 0.2) is 57.6 Å². The minimum absolute atomic E-state index is 0.0482. The van der Waals surface area contributed by atoms with E-state index in [9.17, 15) is 23.1 Å². The number of hydrazone groups is 1. The van der Waals surface area contributed by atoms with Crippen molar-refractivity contribution in [1.29, 1.82) is 0 Å². The smallest absolute Gasteiger partial charge is 0.435 e. The molecule has 0 aliphatic carbocycles. The summed E-state index contributed by atoms with van der Waals surface area (Å²) in [4.78, 5) is 12.6. The maximum absolute atomic E-state index is 13.4. The average molecular weight is 441 g/mol. The number of halogens is 4. The fourth-order valence-corrected chi connectivity index (χ4v) is 2.96. The van der Waals surface area contributed by atoms with Gasteiger partial charge in [-0.15, -0.1) is 0 Å². The summed E-state index contributed by atoms with van der Waals surface area (Å²) < 4.78 is 45.5. The van der Waals surface area contributed by atoms with Crippen molar-refractivity contribution < 1.29 is 27.8 Å². The fraction of sp³-hybridized carbons (Fsp3) is 0.111. The summed E-state index contributed by atoms with van der Waals surface area (Å²) in [5, 5.41) is 14.0. The number of aromatic hydroxyl groups is 1. The molecule has 1 heterocycles. The topological polar surface area (TPSA) is 62.1 Å². The molecule has 2 aromatic carbocycles. The number of phenolic OH excluding ortho intramolecular Hbond substituents is 1. The molecule has 0 aromatic heterocycles. The van der Waals surface area contributed by atoms with Crippen LogP contribution >= 0.6 is 15.9 Å². The van der Waals surface area contributed by atoms with Gasteiger partial charge in [-0.25, -0.2) is 0 Å². The average Bonchev–Trinajstić information content (AvgIpc) is 2.95. The first kappa shape index (κ1) is 19.0. The summed E-state index contributed by atoms with van der Waals surface area (Å²) in [6, 6.07) is 10.5. The first-order chi connectivity index (χ1) is 12.7. The van der Waals surface area contributed by atoms with Crippen LogP contribution < -0.4 is 9.75 Å². The molecular formula is C18H12BrF3N2O3. The van der Waals surface area contributed by atoms with Crippen LogP contribution in [0.2, 0.25) is 0 Å². The molecule has 0 atom stereocenters. The number of methoxy groups -OCH3 is 1. The molecule has 5 nitrogen and oxygen atoms in total. The standard InChI is InChI=1S/C18H12BrF3N2O3/c1-27-14-9-10(8-13(19)15(14)25)7-12-16(18(20,21)22)23-24(17(12)26)11-5-3-2-4-6-11/h2-9,25H,1H3/b12-7-. The van der Waals surface area contributed by atoms with Crippen molar-refractivity contribution in [2.24, 2.45) is 5.10 Å². The Morgan fingerprint density at radius 2 is 1.89 bits per heavy atom. The Balaban J connectivity index is 2.11. The lowest BCUT2D eigenvalue weighted by atomic mass is 10.1. The maximum Gasteiger partial charge on any atom is 0.435 e. The molecule has 27 heavy (non-hydrogen) atoms. The number of benzene rings is 2. The Morgan fingerprint density at radius 1 is 1.22 bits per heavy atom. The third-order valence-corrected chi connectivity index (χ3v) is 4.33. The number of carbonyl (C=O) groups excluding carboxylic acids is 1. The van der Waals surface area contributed by atoms with Crippen LogP contribution in [0.3, 0.4) is 0 Å². The van der Waals surface area contributed by atoms with Gasteiger partial charge in [0.2, 0.25) is 0 Å². The van der Waals surface area contributed by atoms with Crippen molar-refractivity contribution in [2.75, 3.05) is 12.1 Å². The number of phenols is 1. The second-order valence-electron chi connectivity index (χ2n) is 5.51. The Morgan fingerprint density at radius 3 is 2.48 bits per heavy atom. The number of anilines is 1. The lowest BCUT2D eigenvalue weighted by Crippen LogP contribution is -2.25. The number of amides is 1. The minimum Gasteiger partial charge on any atom is -0.503 e. The number of carbonyl (C=O) groups is 1. The van der Waals surface area contributed by atoms with E-state index in [0.717, 1.165) is 6.08 Å². The number of ether oxygens (including phenoxy) is 1. The number of rotatable bonds is 3. The molecule has 0 spiro atoms. The molecule has 0 radical (unpaired) electrons. The Kier molecular flexibility index (Phi) is 4.97. The Hall–Kier alpha value is -2.81. The normalized spacial score (nSPS) is 16.0. The zero-order chi connectivity index (χ0) is 19.8. The lowest BCUT2D eigenvalue weighted by molar-refractivity contribution is -0.114. The highest BCUT2D eigenvalue weighted by molar-refractivity contribution is 9.10. The van der Waals surface area contributed by atoms with Crippen LogP contribution in [0.4, 0.5) is 18.9 Å². The summed E-state index contributed by atoms with van der Waals surface area (Å²) in [6.45, 7) is 0. The molecule has 2 aromatic rings. The van der Waals surface area contributed by atoms with Crippen LogP contribution in [-0.2, 0) is 4.79 Å². The molecule has 1 amide bonds. The van der Waals surface area contributed by atoms with Crippen molar-refractivity contribution in [3.8, 4) is 11.5 Å². The SMILES string of the molecule is COc1cc(/C=C2\C(=O)N(c3ccccc3)N=C2C(F)(F)F)cc(Br)c1O. The van der Waals surface area contributed by atoms with Crippen molar-refractivity contribution in [2.45, 2.75) is 6.18 Å². The summed E-state index contributed by atoms with van der Waals surface area (Å²) in [5.74, 6) is -1.06. The van der Waals surface area contributed by atoms with Gasteiger partial charge in [-0.05, 0) is 51.8 Å². The van der Waals surface area contributed by atoms with Crippen LogP contribution in [0.5, 0.6) is 11.5 Å². The summed E-state index contributed by atoms with van der Waals surface area (Å²) >= 11 is 3.10. The van der Waals surface area contributed by atoms with Gasteiger partial charge in [0.25, 0.3) is 5.91 Å². The van der Waals surface area contributed by atoms with Gasteiger partial charge in [0.15, 0.2) is 17.2 Å². The molecule has 1 N–H and O–H groups in total. The van der Waals surface area contributed by atoms with Crippen LogP contribution in [0.25, 0.3) is 6.08 Å². The van der Waals surface area contributed by atoms with Gasteiger partial charge in [-0.2, -0.15) is 23.3 Å². The summed E-state index contributed by atoms with van der Waals surface area (Å²) in [6.07, 6.45) is -3.76. The third kappa shape index (κ3) is 3.68. The van der Waals surface area contributed by atoms with Crippen LogP contribution in [0, 0.1) is 0 Å². The second-order valence-corrected chi connectivity index (χ2v) is 6.36. The maximum atomic E-state index is 13.4. The molecule has 0 saturated heterocycles. The number of para-hydroxylation sites is 1. The molecule has 0 unspecified atom stereocenters. The summed E-state index contributed by atoms with van der Waals surface area (Å²) in [7, 11) is 1.30. The summed E-state index contributed by atoms with van der Waals surface area (Å²) in [5.41, 5.74) is -1.45. The first-order valence-electron chi connectivity index (χ1n) is 7.56. The van der Waals surface area contributed by atoms with E-state index < -0.39 is 23.4 Å². The van der Waals surface area contributed by atoms with Crippen LogP contribution in [0.1, 0.15) is 5.56 Å². The van der Waals surface area contributed by atoms with Crippen molar-refractivity contribution >= 4 is 39.3 Å². The quantitative estimate of drug-likeness (QED) is 0.714. The Labute approximate surface area is 160 Å². The monoisotopic (exact) mass is 440 g/mol. The van der Waals surface area contributed by atoms with E-state index in [1.54, 1.807) is 18.2 Å². The number of hydrogen-bond donors (Lipinski definition) is 1. The predicted octanol–water partition coefficient (Wildman–Crippen LogP) is 4.51. The highest BCUT2D eigenvalue weighted by atomic mass is 79.9. The van der Waals surface area contributed by atoms with Gasteiger partial charge >= 0.3 is 6.18 Å². The number of nitrogens with zero attached hydrogens (tertiary/aromatic N) is 2. The molecule has 0 bridgehead atoms. The molecule has 3 rings (SSSR count). The second kappa shape index (κ2) is 7.07. The van der Waals surface area contributed by atoms with E-state index in [0.29, 0.717) is 5.01 Å². The highest BCUT2D eigenvalue weighted by Gasteiger charge is 2.46. The van der Waals surface area contributed by atoms with Crippen molar-refractivity contribution in [3.63, 3.8) is 0 Å². The van der Waals surface area contributed by atoms with E-state index >= 15 is 0 Å². The van der Waals surface area contributed by atoms with Crippen molar-refractivity contribution in [1.82, 2.24) is 0 Å². The van der Waals surface area contributed by atoms with Gasteiger partial charge < -0.3 is 9.84 Å². The molecule has 140 valence electrons. The van der Waals surface area contributed by atoms with Gasteiger partial charge in [0.05, 0.1) is 22.8 Å². The molecule has 9 heteroatoms. The van der Waals surface area contributed by atoms with Crippen molar-refractivity contribution in [3.05, 3.63) is 58.1 Å². The van der Waals surface area contributed by atoms with Gasteiger partial charge in [-0.1, -0.05) is 18.2 Å². The van der Waals surface area contributed by atoms with Gasteiger partial charge in [-0.3, -0.25) is 4.79 Å². The van der Waals surface area contributed by atoms with Gasteiger partial charge in [0, 0.05) is 0 Å². The van der Waals surface area contributed by atoms with E-state index in [1.165, 1.54) is 31.4 Å². The van der Waals surface area contributed by atoms with E-state index in [-0.39, 0.29) is 27.2 Å². The first-order valence-corrected chi connectivity index (χ1v) is 8.35. The number of alkyl halides is 3. The zero-order valence-electron chi connectivity index (χ0n) is 13.8. The van der Waals surface area contributed by atoms with E-state index in [2.05, 4.69) is 21.0 Å². The van der Waals surface area contributed by atoms with E-state index in [1.807, 2.05) is 0 Å². The molecule has 0 saturated carbocycles. The van der Waals surface area contributed by atoms with Gasteiger partial charge in [0.1, 0.15) is 0 Å². The molecule has 1 aliphatic heterocycles.